The van der Waals surface area contributed by atoms with Crippen molar-refractivity contribution in [3.05, 3.63) is 64.7 Å². The molecule has 1 N–H and O–H groups in total. The number of benzene rings is 2. The average Bonchev–Trinajstić information content (AvgIpc) is 2.49. The maximum Gasteiger partial charge on any atom is 0.129 e. The summed E-state index contributed by atoms with van der Waals surface area (Å²) in [5, 5.41) is 3.40. The number of hydrogen-bond acceptors (Lipinski definition) is 2. The molecule has 0 amide bonds. The lowest BCUT2D eigenvalue weighted by Gasteiger charge is -2.28. The van der Waals surface area contributed by atoms with Gasteiger partial charge in [0.15, 0.2) is 0 Å². The fourth-order valence-electron chi connectivity index (χ4n) is 2.94. The first kappa shape index (κ1) is 14.0. The molecular weight excluding hydrogens is 272 g/mol. The molecule has 21 heavy (non-hydrogen) atoms. The van der Waals surface area contributed by atoms with Gasteiger partial charge in [-0.05, 0) is 42.6 Å². The molecule has 1 atom stereocenters. The Kier molecular flexibility index (Phi) is 3.88. The van der Waals surface area contributed by atoms with Crippen molar-refractivity contribution >= 4 is 0 Å². The van der Waals surface area contributed by atoms with Gasteiger partial charge in [0.2, 0.25) is 0 Å². The summed E-state index contributed by atoms with van der Waals surface area (Å²) in [6.07, 6.45) is 1.38. The Hall–Kier alpha value is -1.94. The number of methoxy groups -OCH3 is 1. The van der Waals surface area contributed by atoms with Gasteiger partial charge in [-0.25, -0.2) is 8.78 Å². The molecule has 0 aromatic heterocycles. The smallest absolute Gasteiger partial charge is 0.129 e. The van der Waals surface area contributed by atoms with E-state index in [4.69, 9.17) is 4.74 Å². The Bertz CT molecular complexity index is 657. The van der Waals surface area contributed by atoms with Crippen LogP contribution in [0.5, 0.6) is 5.75 Å². The van der Waals surface area contributed by atoms with Crippen molar-refractivity contribution in [2.24, 2.45) is 0 Å². The number of rotatable bonds is 3. The number of fused-ring (bicyclic) bond motifs is 1. The van der Waals surface area contributed by atoms with Crippen LogP contribution >= 0.6 is 0 Å². The maximum absolute atomic E-state index is 13.8. The zero-order chi connectivity index (χ0) is 14.8. The highest BCUT2D eigenvalue weighted by Crippen LogP contribution is 2.32. The summed E-state index contributed by atoms with van der Waals surface area (Å²) in [4.78, 5) is 0. The fraction of sp³-hybridized carbons (Fsp3) is 0.294. The van der Waals surface area contributed by atoms with Crippen LogP contribution in [-0.2, 0) is 12.8 Å². The second kappa shape index (κ2) is 5.82. The Labute approximate surface area is 122 Å². The van der Waals surface area contributed by atoms with Crippen LogP contribution in [0.2, 0.25) is 0 Å². The molecule has 0 saturated carbocycles. The largest absolute Gasteiger partial charge is 0.496 e. The molecule has 0 bridgehead atoms. The van der Waals surface area contributed by atoms with Gasteiger partial charge < -0.3 is 10.1 Å². The topological polar surface area (TPSA) is 21.3 Å². The minimum atomic E-state index is -0.546. The zero-order valence-corrected chi connectivity index (χ0v) is 11.8. The Balaban J connectivity index is 1.92. The van der Waals surface area contributed by atoms with Crippen molar-refractivity contribution in [2.45, 2.75) is 18.9 Å². The van der Waals surface area contributed by atoms with E-state index in [1.807, 2.05) is 18.2 Å². The lowest BCUT2D eigenvalue weighted by atomic mass is 9.89. The summed E-state index contributed by atoms with van der Waals surface area (Å²) in [5.74, 6) is -0.166. The third kappa shape index (κ3) is 2.76. The third-order valence-corrected chi connectivity index (χ3v) is 3.97. The van der Waals surface area contributed by atoms with Crippen molar-refractivity contribution in [2.75, 3.05) is 13.7 Å². The van der Waals surface area contributed by atoms with Crippen molar-refractivity contribution in [1.82, 2.24) is 5.32 Å². The third-order valence-electron chi connectivity index (χ3n) is 3.97. The standard InChI is InChI=1S/C17H17F2NO/c1-21-17-4-2-3-13-14(17)7-8-20-16(13)9-11-5-6-12(18)10-15(11)19/h2-6,10,16,20H,7-9H2,1H3. The van der Waals surface area contributed by atoms with Crippen molar-refractivity contribution in [1.29, 1.82) is 0 Å². The highest BCUT2D eigenvalue weighted by atomic mass is 19.1. The molecule has 4 heteroatoms. The van der Waals surface area contributed by atoms with Gasteiger partial charge in [0.25, 0.3) is 0 Å². The molecule has 0 radical (unpaired) electrons. The van der Waals surface area contributed by atoms with Crippen LogP contribution < -0.4 is 10.1 Å². The number of hydrogen-bond donors (Lipinski definition) is 1. The Morgan fingerprint density at radius 2 is 2.10 bits per heavy atom. The van der Waals surface area contributed by atoms with E-state index in [-0.39, 0.29) is 6.04 Å². The first-order valence-electron chi connectivity index (χ1n) is 7.02. The summed E-state index contributed by atoms with van der Waals surface area (Å²) in [5.41, 5.74) is 2.82. The lowest BCUT2D eigenvalue weighted by Crippen LogP contribution is -2.31. The van der Waals surface area contributed by atoms with Gasteiger partial charge in [-0.3, -0.25) is 0 Å². The SMILES string of the molecule is COc1cccc2c1CCNC2Cc1ccc(F)cc1F. The van der Waals surface area contributed by atoms with E-state index in [0.29, 0.717) is 12.0 Å². The second-order valence-corrected chi connectivity index (χ2v) is 5.22. The molecule has 0 aliphatic carbocycles. The lowest BCUT2D eigenvalue weighted by molar-refractivity contribution is 0.399. The van der Waals surface area contributed by atoms with E-state index in [1.165, 1.54) is 17.7 Å². The highest BCUT2D eigenvalue weighted by Gasteiger charge is 2.23. The van der Waals surface area contributed by atoms with E-state index in [0.717, 1.165) is 30.3 Å². The molecule has 2 nitrogen and oxygen atoms in total. The molecule has 0 saturated heterocycles. The Morgan fingerprint density at radius 3 is 2.86 bits per heavy atom. The van der Waals surface area contributed by atoms with E-state index in [1.54, 1.807) is 7.11 Å². The maximum atomic E-state index is 13.8. The molecule has 1 unspecified atom stereocenters. The summed E-state index contributed by atoms with van der Waals surface area (Å²) < 4.78 is 32.2. The summed E-state index contributed by atoms with van der Waals surface area (Å²) in [6, 6.07) is 9.69. The second-order valence-electron chi connectivity index (χ2n) is 5.22. The van der Waals surface area contributed by atoms with Crippen LogP contribution in [0.1, 0.15) is 22.7 Å². The molecule has 2 aromatic carbocycles. The molecule has 1 aliphatic rings. The molecule has 1 aliphatic heterocycles. The highest BCUT2D eigenvalue weighted by molar-refractivity contribution is 5.44. The number of ether oxygens (including phenoxy) is 1. The minimum Gasteiger partial charge on any atom is -0.496 e. The van der Waals surface area contributed by atoms with Crippen LogP contribution in [-0.4, -0.2) is 13.7 Å². The van der Waals surface area contributed by atoms with Gasteiger partial charge in [0.1, 0.15) is 17.4 Å². The van der Waals surface area contributed by atoms with Crippen LogP contribution in [0.25, 0.3) is 0 Å². The van der Waals surface area contributed by atoms with E-state index in [9.17, 15) is 8.78 Å². The molecule has 3 rings (SSSR count). The first-order valence-corrected chi connectivity index (χ1v) is 7.02. The van der Waals surface area contributed by atoms with Crippen molar-refractivity contribution in [3.8, 4) is 5.75 Å². The predicted molar refractivity (Wildman–Crippen MR) is 77.5 cm³/mol. The average molecular weight is 289 g/mol. The number of nitrogens with one attached hydrogen (secondary N) is 1. The molecule has 2 aromatic rings. The zero-order valence-electron chi connectivity index (χ0n) is 11.8. The van der Waals surface area contributed by atoms with E-state index in [2.05, 4.69) is 5.32 Å². The summed E-state index contributed by atoms with van der Waals surface area (Å²) in [6.45, 7) is 0.820. The first-order chi connectivity index (χ1) is 10.2. The quantitative estimate of drug-likeness (QED) is 0.935. The normalized spacial score (nSPS) is 17.4. The van der Waals surface area contributed by atoms with Gasteiger partial charge in [-0.15, -0.1) is 0 Å². The minimum absolute atomic E-state index is 0.0174. The van der Waals surface area contributed by atoms with E-state index >= 15 is 0 Å². The van der Waals surface area contributed by atoms with Crippen LogP contribution in [0.4, 0.5) is 8.78 Å². The van der Waals surface area contributed by atoms with Gasteiger partial charge in [-0.1, -0.05) is 18.2 Å². The Morgan fingerprint density at radius 1 is 1.24 bits per heavy atom. The van der Waals surface area contributed by atoms with E-state index < -0.39 is 11.6 Å². The molecule has 1 heterocycles. The summed E-state index contributed by atoms with van der Waals surface area (Å²) >= 11 is 0. The van der Waals surface area contributed by atoms with Gasteiger partial charge in [0.05, 0.1) is 7.11 Å². The van der Waals surface area contributed by atoms with Gasteiger partial charge in [0, 0.05) is 17.7 Å². The van der Waals surface area contributed by atoms with Gasteiger partial charge in [-0.2, -0.15) is 0 Å². The molecule has 110 valence electrons. The summed E-state index contributed by atoms with van der Waals surface area (Å²) in [7, 11) is 1.66. The monoisotopic (exact) mass is 289 g/mol. The molecular formula is C17H17F2NO. The van der Waals surface area contributed by atoms with Crippen molar-refractivity contribution in [3.63, 3.8) is 0 Å². The van der Waals surface area contributed by atoms with Gasteiger partial charge >= 0.3 is 0 Å². The number of halogens is 2. The predicted octanol–water partition coefficient (Wildman–Crippen LogP) is 3.40. The molecule has 0 fully saturated rings. The van der Waals surface area contributed by atoms with Crippen molar-refractivity contribution < 1.29 is 13.5 Å². The molecule has 0 spiro atoms. The van der Waals surface area contributed by atoms with Crippen LogP contribution in [0, 0.1) is 11.6 Å². The van der Waals surface area contributed by atoms with Crippen LogP contribution in [0.3, 0.4) is 0 Å². The fourth-order valence-corrected chi connectivity index (χ4v) is 2.94. The van der Waals surface area contributed by atoms with Crippen LogP contribution in [0.15, 0.2) is 36.4 Å².